The average Bonchev–Trinajstić information content (AvgIpc) is 2.47. The molecule has 1 aromatic rings. The number of sulfonamides is 1. The number of aryl methyl sites for hydroxylation is 1. The lowest BCUT2D eigenvalue weighted by Crippen LogP contribution is -2.21. The van der Waals surface area contributed by atoms with E-state index in [1.165, 1.54) is 18.4 Å². The summed E-state index contributed by atoms with van der Waals surface area (Å²) in [5.74, 6) is 0.305. The molecule has 0 aliphatic heterocycles. The van der Waals surface area contributed by atoms with Crippen LogP contribution in [0.5, 0.6) is 0 Å². The molecule has 80 valence electrons. The zero-order valence-corrected chi connectivity index (χ0v) is 9.93. The quantitative estimate of drug-likeness (QED) is 0.736. The molecule has 14 heavy (non-hydrogen) atoms. The Balaban J connectivity index is 3.22. The first-order valence-electron chi connectivity index (χ1n) is 4.03. The van der Waals surface area contributed by atoms with Crippen molar-refractivity contribution in [3.8, 4) is 0 Å². The van der Waals surface area contributed by atoms with Crippen LogP contribution in [0.4, 0.5) is 0 Å². The van der Waals surface area contributed by atoms with Gasteiger partial charge in [-0.3, -0.25) is 0 Å². The lowest BCUT2D eigenvalue weighted by atomic mass is 10.5. The van der Waals surface area contributed by atoms with E-state index in [9.17, 15) is 8.42 Å². The van der Waals surface area contributed by atoms with Crippen molar-refractivity contribution >= 4 is 21.6 Å². The third kappa shape index (κ3) is 1.94. The van der Waals surface area contributed by atoms with Crippen LogP contribution in [0.15, 0.2) is 17.2 Å². The maximum Gasteiger partial charge on any atom is 0.244 e. The van der Waals surface area contributed by atoms with E-state index in [-0.39, 0.29) is 4.90 Å². The molecule has 0 N–H and O–H groups in total. The summed E-state index contributed by atoms with van der Waals surface area (Å²) in [7, 11) is 1.44. The van der Waals surface area contributed by atoms with Crippen molar-refractivity contribution < 1.29 is 8.42 Å². The van der Waals surface area contributed by atoms with Gasteiger partial charge in [-0.1, -0.05) is 0 Å². The highest BCUT2D eigenvalue weighted by Crippen LogP contribution is 2.17. The normalized spacial score (nSPS) is 12.4. The van der Waals surface area contributed by atoms with Gasteiger partial charge in [-0.05, 0) is 6.07 Å². The molecular weight excluding hydrogens is 224 g/mol. The third-order valence-corrected chi connectivity index (χ3v) is 4.05. The van der Waals surface area contributed by atoms with E-state index in [2.05, 4.69) is 0 Å². The Morgan fingerprint density at radius 1 is 1.50 bits per heavy atom. The van der Waals surface area contributed by atoms with Crippen LogP contribution in [-0.4, -0.2) is 31.4 Å². The molecule has 0 aliphatic carbocycles. The molecule has 0 atom stereocenters. The van der Waals surface area contributed by atoms with Crippen LogP contribution in [0.25, 0.3) is 0 Å². The minimum atomic E-state index is -3.33. The highest BCUT2D eigenvalue weighted by molar-refractivity contribution is 7.89. The van der Waals surface area contributed by atoms with E-state index in [1.54, 1.807) is 23.9 Å². The van der Waals surface area contributed by atoms with Gasteiger partial charge in [-0.15, -0.1) is 11.6 Å². The predicted octanol–water partition coefficient (Wildman–Crippen LogP) is 1.01. The van der Waals surface area contributed by atoms with Gasteiger partial charge >= 0.3 is 0 Å². The first kappa shape index (κ1) is 11.6. The second-order valence-electron chi connectivity index (χ2n) is 3.20. The van der Waals surface area contributed by atoms with Gasteiger partial charge in [0, 0.05) is 33.0 Å². The molecule has 1 aromatic heterocycles. The molecule has 0 amide bonds. The molecule has 1 heterocycles. The molecule has 1 rings (SSSR count). The van der Waals surface area contributed by atoms with E-state index in [0.717, 1.165) is 5.69 Å². The van der Waals surface area contributed by atoms with Gasteiger partial charge in [0.05, 0.1) is 5.88 Å². The zero-order valence-electron chi connectivity index (χ0n) is 8.36. The summed E-state index contributed by atoms with van der Waals surface area (Å²) in [6.07, 6.45) is 1.56. The van der Waals surface area contributed by atoms with Crippen molar-refractivity contribution in [3.63, 3.8) is 0 Å². The van der Waals surface area contributed by atoms with Gasteiger partial charge in [0.25, 0.3) is 0 Å². The fourth-order valence-electron chi connectivity index (χ4n) is 1.06. The standard InChI is InChI=1S/C8H13ClN2O2S/c1-10(2)14(12,13)8-4-7(5-9)11(3)6-8/h4,6H,5H2,1-3H3. The number of aromatic nitrogens is 1. The van der Waals surface area contributed by atoms with Crippen molar-refractivity contribution in [3.05, 3.63) is 18.0 Å². The third-order valence-electron chi connectivity index (χ3n) is 2.00. The fourth-order valence-corrected chi connectivity index (χ4v) is 2.33. The second-order valence-corrected chi connectivity index (χ2v) is 5.62. The number of rotatable bonds is 3. The Hall–Kier alpha value is -0.520. The predicted molar refractivity (Wildman–Crippen MR) is 55.8 cm³/mol. The van der Waals surface area contributed by atoms with Crippen LogP contribution in [-0.2, 0) is 23.0 Å². The van der Waals surface area contributed by atoms with Crippen molar-refractivity contribution in [1.29, 1.82) is 0 Å². The Bertz CT molecular complexity index is 423. The highest BCUT2D eigenvalue weighted by atomic mass is 35.5. The van der Waals surface area contributed by atoms with Gasteiger partial charge in [-0.25, -0.2) is 12.7 Å². The van der Waals surface area contributed by atoms with E-state index >= 15 is 0 Å². The second kappa shape index (κ2) is 3.92. The fraction of sp³-hybridized carbons (Fsp3) is 0.500. The Morgan fingerprint density at radius 2 is 2.07 bits per heavy atom. The molecule has 6 heteroatoms. The van der Waals surface area contributed by atoms with E-state index in [0.29, 0.717) is 5.88 Å². The Morgan fingerprint density at radius 3 is 2.43 bits per heavy atom. The molecule has 0 aliphatic rings. The van der Waals surface area contributed by atoms with Crippen LogP contribution in [0.2, 0.25) is 0 Å². The minimum absolute atomic E-state index is 0.278. The summed E-state index contributed by atoms with van der Waals surface area (Å²) in [4.78, 5) is 0.278. The molecule has 4 nitrogen and oxygen atoms in total. The van der Waals surface area contributed by atoms with Crippen LogP contribution in [0.1, 0.15) is 5.69 Å². The number of hydrogen-bond donors (Lipinski definition) is 0. The maximum absolute atomic E-state index is 11.7. The minimum Gasteiger partial charge on any atom is -0.352 e. The molecule has 0 radical (unpaired) electrons. The maximum atomic E-state index is 11.7. The number of nitrogens with zero attached hydrogens (tertiary/aromatic N) is 2. The lowest BCUT2D eigenvalue weighted by Gasteiger charge is -2.08. The van der Waals surface area contributed by atoms with E-state index in [1.807, 2.05) is 0 Å². The SMILES string of the molecule is CN(C)S(=O)(=O)c1cc(CCl)n(C)c1. The molecule has 0 spiro atoms. The smallest absolute Gasteiger partial charge is 0.244 e. The van der Waals surface area contributed by atoms with Crippen molar-refractivity contribution in [2.45, 2.75) is 10.8 Å². The van der Waals surface area contributed by atoms with Gasteiger partial charge in [-0.2, -0.15) is 0 Å². The van der Waals surface area contributed by atoms with Crippen LogP contribution in [0, 0.1) is 0 Å². The van der Waals surface area contributed by atoms with Crippen LogP contribution < -0.4 is 0 Å². The molecule has 0 unspecified atom stereocenters. The number of halogens is 1. The Labute approximate surface area is 89.1 Å². The summed E-state index contributed by atoms with van der Waals surface area (Å²) >= 11 is 5.65. The number of hydrogen-bond acceptors (Lipinski definition) is 2. The van der Waals surface area contributed by atoms with Gasteiger partial charge in [0.15, 0.2) is 0 Å². The average molecular weight is 237 g/mol. The monoisotopic (exact) mass is 236 g/mol. The first-order chi connectivity index (χ1) is 6.39. The molecule has 0 bridgehead atoms. The van der Waals surface area contributed by atoms with E-state index < -0.39 is 10.0 Å². The van der Waals surface area contributed by atoms with Crippen molar-refractivity contribution in [1.82, 2.24) is 8.87 Å². The summed E-state index contributed by atoms with van der Waals surface area (Å²) in [5.41, 5.74) is 0.784. The Kier molecular flexibility index (Phi) is 3.24. The lowest BCUT2D eigenvalue weighted by molar-refractivity contribution is 0.520. The largest absolute Gasteiger partial charge is 0.352 e. The topological polar surface area (TPSA) is 42.3 Å². The molecule has 0 aromatic carbocycles. The molecule has 0 fully saturated rings. The summed E-state index contributed by atoms with van der Waals surface area (Å²) in [6.45, 7) is 0. The van der Waals surface area contributed by atoms with Gasteiger partial charge < -0.3 is 4.57 Å². The highest BCUT2D eigenvalue weighted by Gasteiger charge is 2.19. The summed E-state index contributed by atoms with van der Waals surface area (Å²) in [5, 5.41) is 0. The molecule has 0 saturated carbocycles. The van der Waals surface area contributed by atoms with Gasteiger partial charge in [0.2, 0.25) is 10.0 Å². The molecule has 0 saturated heterocycles. The summed E-state index contributed by atoms with van der Waals surface area (Å²) < 4.78 is 26.3. The van der Waals surface area contributed by atoms with Crippen molar-refractivity contribution in [2.24, 2.45) is 7.05 Å². The first-order valence-corrected chi connectivity index (χ1v) is 6.00. The molecular formula is C8H13ClN2O2S. The van der Waals surface area contributed by atoms with Gasteiger partial charge in [0.1, 0.15) is 4.90 Å². The number of alkyl halides is 1. The summed E-state index contributed by atoms with van der Waals surface area (Å²) in [6, 6.07) is 1.59. The van der Waals surface area contributed by atoms with Crippen LogP contribution >= 0.6 is 11.6 Å². The zero-order chi connectivity index (χ0) is 10.9. The van der Waals surface area contributed by atoms with Crippen LogP contribution in [0.3, 0.4) is 0 Å². The van der Waals surface area contributed by atoms with E-state index in [4.69, 9.17) is 11.6 Å². The van der Waals surface area contributed by atoms with Crippen molar-refractivity contribution in [2.75, 3.05) is 14.1 Å².